The van der Waals surface area contributed by atoms with Gasteiger partial charge in [-0.3, -0.25) is 0 Å². The molecule has 2 nitrogen and oxygen atoms in total. The van der Waals surface area contributed by atoms with Crippen molar-refractivity contribution >= 4 is 0 Å². The van der Waals surface area contributed by atoms with Crippen LogP contribution in [0.1, 0.15) is 23.1 Å². The van der Waals surface area contributed by atoms with E-state index in [9.17, 15) is 5.11 Å². The standard InChI is InChI=1S/C13H12O2/c14-13(11-6-8-15-9-11)7-5-10-3-1-2-4-12(10)13/h1-4,6,8-9,14H,5,7H2. The van der Waals surface area contributed by atoms with Crippen molar-refractivity contribution in [3.63, 3.8) is 0 Å². The van der Waals surface area contributed by atoms with E-state index in [0.717, 1.165) is 24.0 Å². The summed E-state index contributed by atoms with van der Waals surface area (Å²) in [5, 5.41) is 10.6. The van der Waals surface area contributed by atoms with Gasteiger partial charge in [0.05, 0.1) is 12.5 Å². The maximum atomic E-state index is 10.6. The Morgan fingerprint density at radius 1 is 1.20 bits per heavy atom. The molecule has 0 radical (unpaired) electrons. The van der Waals surface area contributed by atoms with E-state index < -0.39 is 5.60 Å². The van der Waals surface area contributed by atoms with E-state index >= 15 is 0 Å². The number of benzene rings is 1. The molecule has 0 saturated carbocycles. The summed E-state index contributed by atoms with van der Waals surface area (Å²) in [4.78, 5) is 0. The molecule has 2 heteroatoms. The number of aliphatic hydroxyl groups is 1. The molecule has 0 aliphatic heterocycles. The zero-order chi connectivity index (χ0) is 10.3. The van der Waals surface area contributed by atoms with Gasteiger partial charge in [0.15, 0.2) is 0 Å². The molecule has 0 spiro atoms. The van der Waals surface area contributed by atoms with E-state index in [1.165, 1.54) is 5.56 Å². The summed E-state index contributed by atoms with van der Waals surface area (Å²) in [6, 6.07) is 9.89. The second-order valence-corrected chi connectivity index (χ2v) is 4.03. The molecule has 1 N–H and O–H groups in total. The van der Waals surface area contributed by atoms with Gasteiger partial charge in [0.1, 0.15) is 5.60 Å². The summed E-state index contributed by atoms with van der Waals surface area (Å²) < 4.78 is 5.05. The van der Waals surface area contributed by atoms with Gasteiger partial charge in [-0.25, -0.2) is 0 Å². The van der Waals surface area contributed by atoms with E-state index in [1.807, 2.05) is 24.3 Å². The summed E-state index contributed by atoms with van der Waals surface area (Å²) in [5.74, 6) is 0. The molecule has 76 valence electrons. The molecule has 15 heavy (non-hydrogen) atoms. The van der Waals surface area contributed by atoms with Crippen molar-refractivity contribution in [2.75, 3.05) is 0 Å². The SMILES string of the molecule is OC1(c2ccoc2)CCc2ccccc21. The van der Waals surface area contributed by atoms with Gasteiger partial charge in [0.2, 0.25) is 0 Å². The molecule has 1 aliphatic rings. The summed E-state index contributed by atoms with van der Waals surface area (Å²) >= 11 is 0. The Bertz CT molecular complexity index is 473. The van der Waals surface area contributed by atoms with Gasteiger partial charge in [0, 0.05) is 5.56 Å². The van der Waals surface area contributed by atoms with Gasteiger partial charge >= 0.3 is 0 Å². The predicted octanol–water partition coefficient (Wildman–Crippen LogP) is 2.46. The monoisotopic (exact) mass is 200 g/mol. The van der Waals surface area contributed by atoms with Crippen LogP contribution in [0.5, 0.6) is 0 Å². The van der Waals surface area contributed by atoms with E-state index in [1.54, 1.807) is 12.5 Å². The number of furan rings is 1. The van der Waals surface area contributed by atoms with Crippen LogP contribution in [-0.2, 0) is 12.0 Å². The second-order valence-electron chi connectivity index (χ2n) is 4.03. The molecule has 2 aromatic rings. The fourth-order valence-electron chi connectivity index (χ4n) is 2.39. The minimum atomic E-state index is -0.844. The molecular formula is C13H12O2. The first kappa shape index (κ1) is 8.74. The van der Waals surface area contributed by atoms with Crippen molar-refractivity contribution in [2.24, 2.45) is 0 Å². The molecular weight excluding hydrogens is 188 g/mol. The normalized spacial score (nSPS) is 24.1. The van der Waals surface area contributed by atoms with Crippen molar-refractivity contribution < 1.29 is 9.52 Å². The number of hydrogen-bond donors (Lipinski definition) is 1. The van der Waals surface area contributed by atoms with Crippen LogP contribution in [0.3, 0.4) is 0 Å². The van der Waals surface area contributed by atoms with Gasteiger partial charge in [-0.1, -0.05) is 24.3 Å². The minimum Gasteiger partial charge on any atom is -0.472 e. The lowest BCUT2D eigenvalue weighted by atomic mass is 9.90. The summed E-state index contributed by atoms with van der Waals surface area (Å²) in [6.45, 7) is 0. The van der Waals surface area contributed by atoms with E-state index in [4.69, 9.17) is 4.42 Å². The van der Waals surface area contributed by atoms with Crippen LogP contribution in [-0.4, -0.2) is 5.11 Å². The zero-order valence-corrected chi connectivity index (χ0v) is 8.31. The number of fused-ring (bicyclic) bond motifs is 1. The highest BCUT2D eigenvalue weighted by Gasteiger charge is 2.38. The largest absolute Gasteiger partial charge is 0.472 e. The number of rotatable bonds is 1. The fraction of sp³-hybridized carbons (Fsp3) is 0.231. The molecule has 1 aliphatic carbocycles. The zero-order valence-electron chi connectivity index (χ0n) is 8.31. The maximum absolute atomic E-state index is 10.6. The summed E-state index contributed by atoms with van der Waals surface area (Å²) in [6.07, 6.45) is 4.90. The Balaban J connectivity index is 2.17. The fourth-order valence-corrected chi connectivity index (χ4v) is 2.39. The third-order valence-electron chi connectivity index (χ3n) is 3.22. The van der Waals surface area contributed by atoms with Gasteiger partial charge in [0.25, 0.3) is 0 Å². The predicted molar refractivity (Wildman–Crippen MR) is 56.5 cm³/mol. The first-order chi connectivity index (χ1) is 7.31. The van der Waals surface area contributed by atoms with Gasteiger partial charge < -0.3 is 9.52 Å². The van der Waals surface area contributed by atoms with E-state index in [2.05, 4.69) is 6.07 Å². The molecule has 1 aromatic heterocycles. The third kappa shape index (κ3) is 1.15. The quantitative estimate of drug-likeness (QED) is 0.767. The highest BCUT2D eigenvalue weighted by Crippen LogP contribution is 2.41. The van der Waals surface area contributed by atoms with Gasteiger partial charge in [-0.05, 0) is 30.0 Å². The Morgan fingerprint density at radius 2 is 2.07 bits per heavy atom. The van der Waals surface area contributed by atoms with Gasteiger partial charge in [-0.15, -0.1) is 0 Å². The van der Waals surface area contributed by atoms with Crippen molar-refractivity contribution in [1.29, 1.82) is 0 Å². The van der Waals surface area contributed by atoms with Gasteiger partial charge in [-0.2, -0.15) is 0 Å². The first-order valence-electron chi connectivity index (χ1n) is 5.14. The van der Waals surface area contributed by atoms with Crippen molar-refractivity contribution in [3.8, 4) is 0 Å². The molecule has 0 bridgehead atoms. The molecule has 3 rings (SSSR count). The molecule has 0 fully saturated rings. The Morgan fingerprint density at radius 3 is 2.87 bits per heavy atom. The lowest BCUT2D eigenvalue weighted by Crippen LogP contribution is -2.22. The lowest BCUT2D eigenvalue weighted by molar-refractivity contribution is 0.0823. The number of aryl methyl sites for hydroxylation is 1. The van der Waals surface area contributed by atoms with Crippen LogP contribution in [0.4, 0.5) is 0 Å². The Labute approximate surface area is 88.2 Å². The first-order valence-corrected chi connectivity index (χ1v) is 5.14. The average Bonchev–Trinajstić information content (AvgIpc) is 2.88. The Kier molecular flexibility index (Phi) is 1.73. The molecule has 1 heterocycles. The molecule has 1 unspecified atom stereocenters. The highest BCUT2D eigenvalue weighted by atomic mass is 16.3. The second kappa shape index (κ2) is 2.97. The molecule has 1 aromatic carbocycles. The smallest absolute Gasteiger partial charge is 0.118 e. The summed E-state index contributed by atoms with van der Waals surface area (Å²) in [7, 11) is 0. The van der Waals surface area contributed by atoms with Crippen LogP contribution in [0, 0.1) is 0 Å². The van der Waals surface area contributed by atoms with Crippen LogP contribution in [0.25, 0.3) is 0 Å². The Hall–Kier alpha value is -1.54. The summed E-state index contributed by atoms with van der Waals surface area (Å²) in [5.41, 5.74) is 2.27. The maximum Gasteiger partial charge on any atom is 0.118 e. The number of hydrogen-bond acceptors (Lipinski definition) is 2. The molecule has 0 amide bonds. The van der Waals surface area contributed by atoms with Crippen LogP contribution in [0.2, 0.25) is 0 Å². The van der Waals surface area contributed by atoms with Crippen molar-refractivity contribution in [2.45, 2.75) is 18.4 Å². The topological polar surface area (TPSA) is 33.4 Å². The van der Waals surface area contributed by atoms with Crippen LogP contribution in [0.15, 0.2) is 47.3 Å². The van der Waals surface area contributed by atoms with E-state index in [0.29, 0.717) is 0 Å². The van der Waals surface area contributed by atoms with Crippen molar-refractivity contribution in [1.82, 2.24) is 0 Å². The molecule has 1 atom stereocenters. The molecule has 0 saturated heterocycles. The van der Waals surface area contributed by atoms with Crippen molar-refractivity contribution in [3.05, 3.63) is 59.5 Å². The average molecular weight is 200 g/mol. The minimum absolute atomic E-state index is 0.742. The highest BCUT2D eigenvalue weighted by molar-refractivity contribution is 5.43. The van der Waals surface area contributed by atoms with Crippen LogP contribution < -0.4 is 0 Å². The van der Waals surface area contributed by atoms with Crippen LogP contribution >= 0.6 is 0 Å². The van der Waals surface area contributed by atoms with E-state index in [-0.39, 0.29) is 0 Å². The third-order valence-corrected chi connectivity index (χ3v) is 3.22. The lowest BCUT2D eigenvalue weighted by Gasteiger charge is -2.22.